The molecule has 0 aliphatic carbocycles. The fourth-order valence-electron chi connectivity index (χ4n) is 2.67. The topological polar surface area (TPSA) is 27.0 Å². The highest BCUT2D eigenvalue weighted by atomic mass is 15.1. The Morgan fingerprint density at radius 3 is 2.82 bits per heavy atom. The summed E-state index contributed by atoms with van der Waals surface area (Å²) in [5, 5.41) is 8.89. The van der Waals surface area contributed by atoms with Crippen molar-refractivity contribution < 1.29 is 0 Å². The summed E-state index contributed by atoms with van der Waals surface area (Å²) in [6, 6.07) is 11.5. The van der Waals surface area contributed by atoms with Gasteiger partial charge in [-0.1, -0.05) is 31.2 Å². The summed E-state index contributed by atoms with van der Waals surface area (Å²) in [6.07, 6.45) is 4.10. The molecule has 0 aromatic heterocycles. The second kappa shape index (κ2) is 5.84. The average Bonchev–Trinajstić information content (AvgIpc) is 2.57. The number of aryl methyl sites for hydroxylation is 1. The lowest BCUT2D eigenvalue weighted by atomic mass is 10.0. The van der Waals surface area contributed by atoms with Crippen LogP contribution in [-0.4, -0.2) is 17.5 Å². The van der Waals surface area contributed by atoms with Crippen LogP contribution in [0.2, 0.25) is 0 Å². The van der Waals surface area contributed by atoms with Crippen LogP contribution in [0.25, 0.3) is 0 Å². The van der Waals surface area contributed by atoms with E-state index in [0.717, 1.165) is 19.5 Å². The SMILES string of the molecule is CCC(CC#N)N1CCCc2ccccc2C1. The molecule has 0 spiro atoms. The van der Waals surface area contributed by atoms with Gasteiger partial charge in [-0.3, -0.25) is 4.90 Å². The Morgan fingerprint density at radius 1 is 1.35 bits per heavy atom. The van der Waals surface area contributed by atoms with Crippen LogP contribution in [0.1, 0.15) is 37.3 Å². The summed E-state index contributed by atoms with van der Waals surface area (Å²) < 4.78 is 0. The highest BCUT2D eigenvalue weighted by molar-refractivity contribution is 5.28. The maximum absolute atomic E-state index is 8.89. The third-order valence-electron chi connectivity index (χ3n) is 3.70. The van der Waals surface area contributed by atoms with Crippen molar-refractivity contribution in [3.63, 3.8) is 0 Å². The van der Waals surface area contributed by atoms with Crippen LogP contribution in [0.5, 0.6) is 0 Å². The minimum Gasteiger partial charge on any atom is -0.295 e. The zero-order chi connectivity index (χ0) is 12.1. The summed E-state index contributed by atoms with van der Waals surface area (Å²) in [6.45, 7) is 4.31. The van der Waals surface area contributed by atoms with Crippen molar-refractivity contribution in [3.05, 3.63) is 35.4 Å². The standard InChI is InChI=1S/C15H20N2/c1-2-15(9-10-16)17-11-5-8-13-6-3-4-7-14(13)12-17/h3-4,6-7,15H,2,5,8-9,11-12H2,1H3. The molecule has 1 atom stereocenters. The van der Waals surface area contributed by atoms with Gasteiger partial charge in [-0.05, 0) is 36.9 Å². The Bertz CT molecular complexity index is 406. The number of nitriles is 1. The second-order valence-electron chi connectivity index (χ2n) is 4.77. The van der Waals surface area contributed by atoms with Gasteiger partial charge in [-0.25, -0.2) is 0 Å². The molecular weight excluding hydrogens is 208 g/mol. The predicted octanol–water partition coefficient (Wildman–Crippen LogP) is 3.13. The first-order chi connectivity index (χ1) is 8.35. The largest absolute Gasteiger partial charge is 0.295 e. The zero-order valence-electron chi connectivity index (χ0n) is 10.5. The number of rotatable bonds is 3. The van der Waals surface area contributed by atoms with Gasteiger partial charge < -0.3 is 0 Å². The molecule has 0 saturated heterocycles. The Morgan fingerprint density at radius 2 is 2.12 bits per heavy atom. The molecule has 90 valence electrons. The van der Waals surface area contributed by atoms with Gasteiger partial charge in [0.05, 0.1) is 12.5 Å². The average molecular weight is 228 g/mol. The van der Waals surface area contributed by atoms with Gasteiger partial charge in [0.15, 0.2) is 0 Å². The number of hydrogen-bond donors (Lipinski definition) is 0. The van der Waals surface area contributed by atoms with E-state index in [-0.39, 0.29) is 0 Å². The van der Waals surface area contributed by atoms with E-state index in [0.29, 0.717) is 12.5 Å². The smallest absolute Gasteiger partial charge is 0.0638 e. The molecule has 0 N–H and O–H groups in total. The van der Waals surface area contributed by atoms with Crippen molar-refractivity contribution in [2.24, 2.45) is 0 Å². The minimum absolute atomic E-state index is 0.422. The quantitative estimate of drug-likeness (QED) is 0.794. The molecular formula is C15H20N2. The molecule has 1 heterocycles. The number of hydrogen-bond acceptors (Lipinski definition) is 2. The molecule has 0 saturated carbocycles. The number of benzene rings is 1. The van der Waals surface area contributed by atoms with Crippen LogP contribution in [-0.2, 0) is 13.0 Å². The lowest BCUT2D eigenvalue weighted by Crippen LogP contribution is -2.34. The molecule has 17 heavy (non-hydrogen) atoms. The van der Waals surface area contributed by atoms with Gasteiger partial charge in [0, 0.05) is 12.6 Å². The normalized spacial score (nSPS) is 17.9. The minimum atomic E-state index is 0.422. The van der Waals surface area contributed by atoms with Gasteiger partial charge in [0.2, 0.25) is 0 Å². The summed E-state index contributed by atoms with van der Waals surface area (Å²) in [4.78, 5) is 2.48. The molecule has 1 aliphatic heterocycles. The predicted molar refractivity (Wildman–Crippen MR) is 69.5 cm³/mol. The van der Waals surface area contributed by atoms with Crippen molar-refractivity contribution in [2.75, 3.05) is 6.54 Å². The van der Waals surface area contributed by atoms with E-state index < -0.39 is 0 Å². The van der Waals surface area contributed by atoms with Gasteiger partial charge in [-0.15, -0.1) is 0 Å². The van der Waals surface area contributed by atoms with Gasteiger partial charge in [0.25, 0.3) is 0 Å². The molecule has 1 unspecified atom stereocenters. The first kappa shape index (κ1) is 12.1. The van der Waals surface area contributed by atoms with Crippen LogP contribution < -0.4 is 0 Å². The number of nitrogens with zero attached hydrogens (tertiary/aromatic N) is 2. The second-order valence-corrected chi connectivity index (χ2v) is 4.77. The van der Waals surface area contributed by atoms with Crippen molar-refractivity contribution in [3.8, 4) is 6.07 Å². The maximum atomic E-state index is 8.89. The van der Waals surface area contributed by atoms with E-state index in [1.54, 1.807) is 0 Å². The van der Waals surface area contributed by atoms with Crippen LogP contribution in [0.3, 0.4) is 0 Å². The lowest BCUT2D eigenvalue weighted by Gasteiger charge is -2.28. The summed E-state index contributed by atoms with van der Waals surface area (Å²) in [5.41, 5.74) is 2.93. The summed E-state index contributed by atoms with van der Waals surface area (Å²) >= 11 is 0. The van der Waals surface area contributed by atoms with Crippen molar-refractivity contribution in [1.82, 2.24) is 4.90 Å². The lowest BCUT2D eigenvalue weighted by molar-refractivity contribution is 0.187. The van der Waals surface area contributed by atoms with Gasteiger partial charge in [0.1, 0.15) is 0 Å². The molecule has 2 nitrogen and oxygen atoms in total. The fraction of sp³-hybridized carbons (Fsp3) is 0.533. The molecule has 1 aromatic carbocycles. The van der Waals surface area contributed by atoms with E-state index in [4.69, 9.17) is 5.26 Å². The molecule has 2 heteroatoms. The van der Waals surface area contributed by atoms with E-state index >= 15 is 0 Å². The van der Waals surface area contributed by atoms with Crippen molar-refractivity contribution in [1.29, 1.82) is 5.26 Å². The Kier molecular flexibility index (Phi) is 4.17. The van der Waals surface area contributed by atoms with Gasteiger partial charge in [-0.2, -0.15) is 5.26 Å². The van der Waals surface area contributed by atoms with Gasteiger partial charge >= 0.3 is 0 Å². The zero-order valence-corrected chi connectivity index (χ0v) is 10.5. The van der Waals surface area contributed by atoms with E-state index in [9.17, 15) is 0 Å². The molecule has 2 rings (SSSR count). The van der Waals surface area contributed by atoms with E-state index in [1.807, 2.05) is 0 Å². The first-order valence-electron chi connectivity index (χ1n) is 6.53. The van der Waals surface area contributed by atoms with Crippen LogP contribution in [0.4, 0.5) is 0 Å². The number of fused-ring (bicyclic) bond motifs is 1. The molecule has 1 aliphatic rings. The molecule has 1 aromatic rings. The molecule has 0 fully saturated rings. The maximum Gasteiger partial charge on any atom is 0.0638 e. The Labute approximate surface area is 104 Å². The molecule has 0 radical (unpaired) electrons. The fourth-order valence-corrected chi connectivity index (χ4v) is 2.67. The van der Waals surface area contributed by atoms with Crippen LogP contribution >= 0.6 is 0 Å². The molecule has 0 amide bonds. The molecule has 0 bridgehead atoms. The monoisotopic (exact) mass is 228 g/mol. The first-order valence-corrected chi connectivity index (χ1v) is 6.53. The van der Waals surface area contributed by atoms with Crippen LogP contribution in [0.15, 0.2) is 24.3 Å². The third kappa shape index (κ3) is 2.87. The van der Waals surface area contributed by atoms with Crippen molar-refractivity contribution >= 4 is 0 Å². The highest BCUT2D eigenvalue weighted by Crippen LogP contribution is 2.21. The van der Waals surface area contributed by atoms with Crippen LogP contribution in [0, 0.1) is 11.3 Å². The Hall–Kier alpha value is -1.33. The van der Waals surface area contributed by atoms with E-state index in [2.05, 4.69) is 42.2 Å². The summed E-state index contributed by atoms with van der Waals surface area (Å²) in [7, 11) is 0. The van der Waals surface area contributed by atoms with Crippen molar-refractivity contribution in [2.45, 2.75) is 45.2 Å². The Balaban J connectivity index is 2.15. The third-order valence-corrected chi connectivity index (χ3v) is 3.70. The highest BCUT2D eigenvalue weighted by Gasteiger charge is 2.20. The summed E-state index contributed by atoms with van der Waals surface area (Å²) in [5.74, 6) is 0. The van der Waals surface area contributed by atoms with E-state index in [1.165, 1.54) is 24.0 Å².